The first kappa shape index (κ1) is 22.7. The monoisotopic (exact) mass is 490 g/mol. The predicted molar refractivity (Wildman–Crippen MR) is 109 cm³/mol. The van der Waals surface area contributed by atoms with Gasteiger partial charge in [0.2, 0.25) is 5.95 Å². The van der Waals surface area contributed by atoms with Crippen LogP contribution in [0, 0.1) is 0 Å². The SMILES string of the molecule is Cn1nnnc1NC(=O)c1ccc(OC(F)F)c(NC(=O)c2ccc(Cl)c(Cl)c2)c1Cl. The lowest BCUT2D eigenvalue weighted by Gasteiger charge is -2.16. The summed E-state index contributed by atoms with van der Waals surface area (Å²) in [5, 5.41) is 15.3. The highest BCUT2D eigenvalue weighted by Crippen LogP contribution is 2.37. The number of aromatic nitrogens is 4. The van der Waals surface area contributed by atoms with Crippen molar-refractivity contribution in [2.75, 3.05) is 10.6 Å². The minimum absolute atomic E-state index is 0.00960. The Labute approximate surface area is 188 Å². The third kappa shape index (κ3) is 5.19. The molecule has 162 valence electrons. The fourth-order valence-electron chi connectivity index (χ4n) is 2.37. The average molecular weight is 492 g/mol. The molecule has 3 rings (SSSR count). The van der Waals surface area contributed by atoms with Gasteiger partial charge in [-0.05, 0) is 40.8 Å². The molecular formula is C17H11Cl3F2N6O3. The first-order valence-electron chi connectivity index (χ1n) is 8.24. The van der Waals surface area contributed by atoms with Crippen LogP contribution in [0.3, 0.4) is 0 Å². The maximum Gasteiger partial charge on any atom is 0.387 e. The Hall–Kier alpha value is -3.02. The number of benzene rings is 2. The van der Waals surface area contributed by atoms with Crippen LogP contribution in [-0.2, 0) is 7.05 Å². The third-order valence-electron chi connectivity index (χ3n) is 3.83. The molecule has 1 aromatic heterocycles. The van der Waals surface area contributed by atoms with Gasteiger partial charge in [0.15, 0.2) is 5.75 Å². The molecule has 0 fully saturated rings. The van der Waals surface area contributed by atoms with E-state index in [-0.39, 0.29) is 37.8 Å². The van der Waals surface area contributed by atoms with Gasteiger partial charge in [-0.25, -0.2) is 4.68 Å². The summed E-state index contributed by atoms with van der Waals surface area (Å²) in [6.45, 7) is -3.21. The number of alkyl halides is 2. The van der Waals surface area contributed by atoms with Crippen molar-refractivity contribution in [3.63, 3.8) is 0 Å². The van der Waals surface area contributed by atoms with E-state index in [9.17, 15) is 18.4 Å². The van der Waals surface area contributed by atoms with Crippen molar-refractivity contribution >= 4 is 58.3 Å². The van der Waals surface area contributed by atoms with Crippen molar-refractivity contribution in [3.05, 3.63) is 56.5 Å². The number of hydrogen-bond acceptors (Lipinski definition) is 6. The minimum atomic E-state index is -3.21. The Morgan fingerprint density at radius 1 is 1.06 bits per heavy atom. The molecule has 3 aromatic rings. The van der Waals surface area contributed by atoms with E-state index in [4.69, 9.17) is 34.8 Å². The molecule has 0 aliphatic carbocycles. The van der Waals surface area contributed by atoms with Gasteiger partial charge in [-0.1, -0.05) is 39.9 Å². The van der Waals surface area contributed by atoms with E-state index in [1.165, 1.54) is 29.9 Å². The van der Waals surface area contributed by atoms with Crippen molar-refractivity contribution in [2.45, 2.75) is 6.61 Å². The number of nitrogens with one attached hydrogen (secondary N) is 2. The number of carbonyl (C=O) groups is 2. The number of aryl methyl sites for hydroxylation is 1. The molecule has 14 heteroatoms. The minimum Gasteiger partial charge on any atom is -0.433 e. The number of rotatable bonds is 6. The average Bonchev–Trinajstić information content (AvgIpc) is 3.10. The standard InChI is InChI=1S/C17H11Cl3F2N6O3/c1-28-17(25-26-27-28)24-15(30)8-3-5-11(31-16(21)22)13(12(8)20)23-14(29)7-2-4-9(18)10(19)6-7/h2-6,16H,1H3,(H,23,29)(H,24,25,27,30). The second kappa shape index (κ2) is 9.41. The summed E-state index contributed by atoms with van der Waals surface area (Å²) >= 11 is 18.0. The molecule has 2 aromatic carbocycles. The topological polar surface area (TPSA) is 111 Å². The molecule has 0 aliphatic heterocycles. The molecule has 9 nitrogen and oxygen atoms in total. The number of anilines is 2. The van der Waals surface area contributed by atoms with E-state index in [1.807, 2.05) is 0 Å². The Bertz CT molecular complexity index is 1160. The lowest BCUT2D eigenvalue weighted by molar-refractivity contribution is -0.0493. The fourth-order valence-corrected chi connectivity index (χ4v) is 2.96. The number of hydrogen-bond donors (Lipinski definition) is 2. The van der Waals surface area contributed by atoms with Crippen molar-refractivity contribution in [2.24, 2.45) is 7.05 Å². The molecule has 0 unspecified atom stereocenters. The number of halogens is 5. The highest BCUT2D eigenvalue weighted by molar-refractivity contribution is 6.42. The zero-order valence-electron chi connectivity index (χ0n) is 15.4. The molecule has 0 atom stereocenters. The van der Waals surface area contributed by atoms with Crippen LogP contribution in [0.1, 0.15) is 20.7 Å². The number of nitrogens with zero attached hydrogens (tertiary/aromatic N) is 4. The molecule has 2 amide bonds. The van der Waals surface area contributed by atoms with Gasteiger partial charge >= 0.3 is 6.61 Å². The van der Waals surface area contributed by atoms with Gasteiger partial charge in [0.25, 0.3) is 11.8 Å². The lowest BCUT2D eigenvalue weighted by atomic mass is 10.1. The first-order chi connectivity index (χ1) is 14.7. The van der Waals surface area contributed by atoms with Gasteiger partial charge in [-0.15, -0.1) is 0 Å². The normalized spacial score (nSPS) is 10.8. The summed E-state index contributed by atoms with van der Waals surface area (Å²) in [5.41, 5.74) is -0.439. The molecule has 0 saturated carbocycles. The van der Waals surface area contributed by atoms with Gasteiger partial charge in [0, 0.05) is 12.6 Å². The maximum absolute atomic E-state index is 12.8. The second-order valence-corrected chi connectivity index (χ2v) is 7.03. The summed E-state index contributed by atoms with van der Waals surface area (Å²) in [5.74, 6) is -1.95. The van der Waals surface area contributed by atoms with Gasteiger partial charge < -0.3 is 10.1 Å². The van der Waals surface area contributed by atoms with Crippen molar-refractivity contribution < 1.29 is 23.1 Å². The molecule has 0 saturated heterocycles. The van der Waals surface area contributed by atoms with E-state index in [2.05, 4.69) is 30.9 Å². The Balaban J connectivity index is 1.96. The molecule has 31 heavy (non-hydrogen) atoms. The summed E-state index contributed by atoms with van der Waals surface area (Å²) in [7, 11) is 1.49. The highest BCUT2D eigenvalue weighted by atomic mass is 35.5. The first-order valence-corrected chi connectivity index (χ1v) is 9.38. The molecule has 2 N–H and O–H groups in total. The zero-order valence-corrected chi connectivity index (χ0v) is 17.6. The number of amides is 2. The zero-order chi connectivity index (χ0) is 22.7. The fraction of sp³-hybridized carbons (Fsp3) is 0.118. The lowest BCUT2D eigenvalue weighted by Crippen LogP contribution is -2.18. The van der Waals surface area contributed by atoms with E-state index in [0.717, 1.165) is 12.1 Å². The van der Waals surface area contributed by atoms with E-state index in [1.54, 1.807) is 0 Å². The van der Waals surface area contributed by atoms with Crippen LogP contribution in [0.15, 0.2) is 30.3 Å². The van der Waals surface area contributed by atoms with E-state index in [0.29, 0.717) is 0 Å². The summed E-state index contributed by atoms with van der Waals surface area (Å²) in [4.78, 5) is 25.2. The van der Waals surface area contributed by atoms with Crippen LogP contribution in [0.25, 0.3) is 0 Å². The second-order valence-electron chi connectivity index (χ2n) is 5.84. The number of ether oxygens (including phenoxy) is 1. The van der Waals surface area contributed by atoms with Crippen LogP contribution in [0.5, 0.6) is 5.75 Å². The molecule has 0 spiro atoms. The number of carbonyl (C=O) groups excluding carboxylic acids is 2. The molecular weight excluding hydrogens is 481 g/mol. The maximum atomic E-state index is 12.8. The van der Waals surface area contributed by atoms with Crippen molar-refractivity contribution in [3.8, 4) is 5.75 Å². The third-order valence-corrected chi connectivity index (χ3v) is 4.96. The Morgan fingerprint density at radius 3 is 2.42 bits per heavy atom. The molecule has 0 radical (unpaired) electrons. The van der Waals surface area contributed by atoms with Crippen LogP contribution in [0.4, 0.5) is 20.4 Å². The summed E-state index contributed by atoms with van der Waals surface area (Å²) < 4.78 is 31.3. The quantitative estimate of drug-likeness (QED) is 0.533. The molecule has 1 heterocycles. The predicted octanol–water partition coefficient (Wildman–Crippen LogP) is 4.28. The highest BCUT2D eigenvalue weighted by Gasteiger charge is 2.23. The van der Waals surface area contributed by atoms with Gasteiger partial charge in [-0.2, -0.15) is 8.78 Å². The Kier molecular flexibility index (Phi) is 6.88. The van der Waals surface area contributed by atoms with E-state index >= 15 is 0 Å². The van der Waals surface area contributed by atoms with Gasteiger partial charge in [0.05, 0.1) is 20.6 Å². The number of tetrazole rings is 1. The van der Waals surface area contributed by atoms with Crippen LogP contribution >= 0.6 is 34.8 Å². The largest absolute Gasteiger partial charge is 0.433 e. The summed E-state index contributed by atoms with van der Waals surface area (Å²) in [6, 6.07) is 6.23. The van der Waals surface area contributed by atoms with Gasteiger partial charge in [0.1, 0.15) is 5.69 Å². The van der Waals surface area contributed by atoms with Crippen LogP contribution < -0.4 is 15.4 Å². The van der Waals surface area contributed by atoms with Crippen LogP contribution in [0.2, 0.25) is 15.1 Å². The smallest absolute Gasteiger partial charge is 0.387 e. The summed E-state index contributed by atoms with van der Waals surface area (Å²) in [6.07, 6.45) is 0. The van der Waals surface area contributed by atoms with Gasteiger partial charge in [-0.3, -0.25) is 14.9 Å². The van der Waals surface area contributed by atoms with E-state index < -0.39 is 24.2 Å². The molecule has 0 bridgehead atoms. The Morgan fingerprint density at radius 2 is 1.81 bits per heavy atom. The van der Waals surface area contributed by atoms with Crippen LogP contribution in [-0.4, -0.2) is 38.6 Å². The van der Waals surface area contributed by atoms with Crippen molar-refractivity contribution in [1.29, 1.82) is 0 Å². The molecule has 0 aliphatic rings. The van der Waals surface area contributed by atoms with Crippen molar-refractivity contribution in [1.82, 2.24) is 20.2 Å².